The fourth-order valence-electron chi connectivity index (χ4n) is 3.81. The lowest BCUT2D eigenvalue weighted by Crippen LogP contribution is -2.45. The number of aryl methyl sites for hydroxylation is 1. The molecule has 7 nitrogen and oxygen atoms in total. The molecule has 2 aromatic carbocycles. The number of para-hydroxylation sites is 1. The number of aliphatic carboxylic acids is 1. The monoisotopic (exact) mass is 424 g/mol. The van der Waals surface area contributed by atoms with Crippen LogP contribution in [0.15, 0.2) is 54.6 Å². The van der Waals surface area contributed by atoms with E-state index < -0.39 is 12.0 Å². The minimum absolute atomic E-state index is 0.0317. The second kappa shape index (κ2) is 10.6. The fourth-order valence-corrected chi connectivity index (χ4v) is 3.81. The third kappa shape index (κ3) is 6.31. The Bertz CT molecular complexity index is 915. The van der Waals surface area contributed by atoms with Gasteiger partial charge in [-0.25, -0.2) is 4.79 Å². The molecular weight excluding hydrogens is 396 g/mol. The molecule has 0 saturated carbocycles. The lowest BCUT2D eigenvalue weighted by molar-refractivity contribution is -0.148. The van der Waals surface area contributed by atoms with E-state index in [1.54, 1.807) is 0 Å². The molecule has 7 heteroatoms. The Morgan fingerprint density at radius 1 is 1.13 bits per heavy atom. The maximum absolute atomic E-state index is 12.6. The Morgan fingerprint density at radius 2 is 1.90 bits per heavy atom. The molecule has 164 valence electrons. The van der Waals surface area contributed by atoms with E-state index in [1.165, 1.54) is 4.90 Å². The van der Waals surface area contributed by atoms with Crippen LogP contribution < -0.4 is 10.1 Å². The molecule has 1 unspecified atom stereocenters. The average Bonchev–Trinajstić information content (AvgIpc) is 3.22. The van der Waals surface area contributed by atoms with Crippen LogP contribution in [0.4, 0.5) is 0 Å². The molecule has 1 saturated heterocycles. The van der Waals surface area contributed by atoms with Crippen molar-refractivity contribution < 1.29 is 24.2 Å². The van der Waals surface area contributed by atoms with Crippen molar-refractivity contribution in [3.8, 4) is 5.75 Å². The van der Waals surface area contributed by atoms with Crippen molar-refractivity contribution in [2.24, 2.45) is 0 Å². The number of amides is 2. The molecule has 1 fully saturated rings. The highest BCUT2D eigenvalue weighted by atomic mass is 16.5. The average molecular weight is 424 g/mol. The molecule has 2 N–H and O–H groups in total. The summed E-state index contributed by atoms with van der Waals surface area (Å²) < 4.78 is 5.55. The zero-order chi connectivity index (χ0) is 22.2. The van der Waals surface area contributed by atoms with Crippen LogP contribution >= 0.6 is 0 Å². The van der Waals surface area contributed by atoms with Crippen molar-refractivity contribution in [2.45, 2.75) is 38.1 Å². The third-order valence-electron chi connectivity index (χ3n) is 5.42. The predicted octanol–water partition coefficient (Wildman–Crippen LogP) is 2.74. The molecule has 2 aromatic rings. The Hall–Kier alpha value is -3.35. The molecule has 0 bridgehead atoms. The highest BCUT2D eigenvalue weighted by Gasteiger charge is 2.40. The van der Waals surface area contributed by atoms with Gasteiger partial charge < -0.3 is 20.1 Å². The number of carbonyl (C=O) groups excluding carboxylic acids is 2. The number of carboxylic acids is 1. The van der Waals surface area contributed by atoms with E-state index in [9.17, 15) is 19.5 Å². The van der Waals surface area contributed by atoms with E-state index in [1.807, 2.05) is 61.5 Å². The van der Waals surface area contributed by atoms with Gasteiger partial charge in [0.2, 0.25) is 11.8 Å². The van der Waals surface area contributed by atoms with E-state index in [-0.39, 0.29) is 30.7 Å². The number of hydrogen-bond donors (Lipinski definition) is 2. The van der Waals surface area contributed by atoms with Gasteiger partial charge in [0.05, 0.1) is 13.2 Å². The normalized spacial score (nSPS) is 17.9. The topological polar surface area (TPSA) is 95.9 Å². The van der Waals surface area contributed by atoms with Gasteiger partial charge in [0, 0.05) is 18.9 Å². The van der Waals surface area contributed by atoms with Crippen LogP contribution in [-0.4, -0.2) is 53.5 Å². The standard InChI is InChI=1S/C24H28N2O5/c1-17-7-5-8-18(13-17)19-14-21(24(29)30)26(16-19)23(28)15-25-22(27)11-6-12-31-20-9-3-2-4-10-20/h2-5,7-10,13,19,21H,6,11-12,14-16H2,1H3,(H,25,27)(H,29,30)/t19?,21-/m0/s1. The van der Waals surface area contributed by atoms with E-state index in [0.717, 1.165) is 16.9 Å². The molecule has 2 amide bonds. The highest BCUT2D eigenvalue weighted by molar-refractivity contribution is 5.88. The molecule has 0 aliphatic carbocycles. The molecule has 0 aromatic heterocycles. The first-order valence-electron chi connectivity index (χ1n) is 10.5. The smallest absolute Gasteiger partial charge is 0.326 e. The lowest BCUT2D eigenvalue weighted by Gasteiger charge is -2.21. The van der Waals surface area contributed by atoms with Gasteiger partial charge in [-0.2, -0.15) is 0 Å². The molecule has 31 heavy (non-hydrogen) atoms. The summed E-state index contributed by atoms with van der Waals surface area (Å²) in [5.74, 6) is -0.943. The van der Waals surface area contributed by atoms with Gasteiger partial charge in [0.15, 0.2) is 0 Å². The summed E-state index contributed by atoms with van der Waals surface area (Å²) in [6, 6.07) is 16.4. The van der Waals surface area contributed by atoms with E-state index in [4.69, 9.17) is 4.74 Å². The Kier molecular flexibility index (Phi) is 7.65. The number of nitrogens with one attached hydrogen (secondary N) is 1. The van der Waals surface area contributed by atoms with Crippen LogP contribution in [0.25, 0.3) is 0 Å². The van der Waals surface area contributed by atoms with Crippen LogP contribution in [0, 0.1) is 6.92 Å². The first kappa shape index (κ1) is 22.3. The van der Waals surface area contributed by atoms with Crippen LogP contribution in [-0.2, 0) is 14.4 Å². The Labute approximate surface area is 182 Å². The summed E-state index contributed by atoms with van der Waals surface area (Å²) in [5.41, 5.74) is 2.13. The van der Waals surface area contributed by atoms with Gasteiger partial charge in [-0.3, -0.25) is 9.59 Å². The van der Waals surface area contributed by atoms with Crippen molar-refractivity contribution in [3.05, 3.63) is 65.7 Å². The van der Waals surface area contributed by atoms with Gasteiger partial charge >= 0.3 is 5.97 Å². The van der Waals surface area contributed by atoms with Gasteiger partial charge in [-0.1, -0.05) is 48.0 Å². The van der Waals surface area contributed by atoms with Gasteiger partial charge in [-0.05, 0) is 37.5 Å². The van der Waals surface area contributed by atoms with Crippen LogP contribution in [0.5, 0.6) is 5.75 Å². The number of carbonyl (C=O) groups is 3. The first-order chi connectivity index (χ1) is 14.9. The molecule has 3 rings (SSSR count). The van der Waals surface area contributed by atoms with E-state index >= 15 is 0 Å². The van der Waals surface area contributed by atoms with Crippen molar-refractivity contribution in [3.63, 3.8) is 0 Å². The summed E-state index contributed by atoms with van der Waals surface area (Å²) >= 11 is 0. The number of carboxylic acid groups (broad SMARTS) is 1. The summed E-state index contributed by atoms with van der Waals surface area (Å²) in [4.78, 5) is 37.8. The number of nitrogens with zero attached hydrogens (tertiary/aromatic N) is 1. The minimum atomic E-state index is -1.02. The van der Waals surface area contributed by atoms with Gasteiger partial charge in [0.1, 0.15) is 11.8 Å². The number of likely N-dealkylation sites (tertiary alicyclic amines) is 1. The quantitative estimate of drug-likeness (QED) is 0.604. The zero-order valence-corrected chi connectivity index (χ0v) is 17.6. The molecule has 1 aliphatic heterocycles. The number of benzene rings is 2. The van der Waals surface area contributed by atoms with Gasteiger partial charge in [-0.15, -0.1) is 0 Å². The summed E-state index contributed by atoms with van der Waals surface area (Å²) in [7, 11) is 0. The van der Waals surface area contributed by atoms with Crippen LogP contribution in [0.1, 0.15) is 36.3 Å². The molecule has 2 atom stereocenters. The number of hydrogen-bond acceptors (Lipinski definition) is 4. The molecule has 0 radical (unpaired) electrons. The zero-order valence-electron chi connectivity index (χ0n) is 17.6. The predicted molar refractivity (Wildman–Crippen MR) is 116 cm³/mol. The van der Waals surface area contributed by atoms with Gasteiger partial charge in [0.25, 0.3) is 0 Å². The van der Waals surface area contributed by atoms with Crippen molar-refractivity contribution in [1.82, 2.24) is 10.2 Å². The number of ether oxygens (including phenoxy) is 1. The molecular formula is C24H28N2O5. The van der Waals surface area contributed by atoms with Crippen LogP contribution in [0.3, 0.4) is 0 Å². The largest absolute Gasteiger partial charge is 0.494 e. The SMILES string of the molecule is Cc1cccc(C2C[C@@H](C(=O)O)N(C(=O)CNC(=O)CCCOc3ccccc3)C2)c1. The van der Waals surface area contributed by atoms with Crippen molar-refractivity contribution in [2.75, 3.05) is 19.7 Å². The fraction of sp³-hybridized carbons (Fsp3) is 0.375. The second-order valence-corrected chi connectivity index (χ2v) is 7.79. The third-order valence-corrected chi connectivity index (χ3v) is 5.42. The first-order valence-corrected chi connectivity index (χ1v) is 10.5. The second-order valence-electron chi connectivity index (χ2n) is 7.79. The number of rotatable bonds is 9. The van der Waals surface area contributed by atoms with Crippen molar-refractivity contribution >= 4 is 17.8 Å². The molecule has 1 heterocycles. The highest BCUT2D eigenvalue weighted by Crippen LogP contribution is 2.32. The maximum atomic E-state index is 12.6. The molecule has 1 aliphatic rings. The minimum Gasteiger partial charge on any atom is -0.494 e. The Balaban J connectivity index is 1.45. The summed E-state index contributed by atoms with van der Waals surface area (Å²) in [6.07, 6.45) is 1.12. The lowest BCUT2D eigenvalue weighted by atomic mass is 9.95. The summed E-state index contributed by atoms with van der Waals surface area (Å²) in [6.45, 7) is 2.51. The molecule has 0 spiro atoms. The Morgan fingerprint density at radius 3 is 2.61 bits per heavy atom. The van der Waals surface area contributed by atoms with Crippen molar-refractivity contribution in [1.29, 1.82) is 0 Å². The maximum Gasteiger partial charge on any atom is 0.326 e. The van der Waals surface area contributed by atoms with Crippen LogP contribution in [0.2, 0.25) is 0 Å². The summed E-state index contributed by atoms with van der Waals surface area (Å²) in [5, 5.41) is 12.2. The van der Waals surface area contributed by atoms with E-state index in [2.05, 4.69) is 5.32 Å². The van der Waals surface area contributed by atoms with E-state index in [0.29, 0.717) is 26.0 Å².